The van der Waals surface area contributed by atoms with Crippen molar-refractivity contribution in [1.29, 1.82) is 0 Å². The first-order valence-electron chi connectivity index (χ1n) is 10.9. The van der Waals surface area contributed by atoms with Crippen LogP contribution in [0.4, 0.5) is 0 Å². The van der Waals surface area contributed by atoms with Crippen LogP contribution in [0.25, 0.3) is 0 Å². The van der Waals surface area contributed by atoms with Gasteiger partial charge in [0.1, 0.15) is 11.5 Å². The van der Waals surface area contributed by atoms with Gasteiger partial charge in [0.2, 0.25) is 0 Å². The molecular weight excluding hydrogens is 378 g/mol. The Morgan fingerprint density at radius 3 is 2.03 bits per heavy atom. The Morgan fingerprint density at radius 1 is 0.800 bits per heavy atom. The largest absolute Gasteiger partial charge is 0.494 e. The van der Waals surface area contributed by atoms with Crippen LogP contribution in [0.2, 0.25) is 0 Å². The number of nitrogens with zero attached hydrogens (tertiary/aromatic N) is 1. The van der Waals surface area contributed by atoms with E-state index >= 15 is 0 Å². The number of rotatable bonds is 13. The first-order chi connectivity index (χ1) is 14.7. The summed E-state index contributed by atoms with van der Waals surface area (Å²) in [6.45, 7) is 4.93. The van der Waals surface area contributed by atoms with Gasteiger partial charge in [0, 0.05) is 0 Å². The van der Waals surface area contributed by atoms with Crippen molar-refractivity contribution in [3.63, 3.8) is 0 Å². The van der Waals surface area contributed by atoms with Crippen LogP contribution in [0.1, 0.15) is 81.1 Å². The topological polar surface area (TPSA) is 68.1 Å². The maximum Gasteiger partial charge on any atom is 0.343 e. The summed E-state index contributed by atoms with van der Waals surface area (Å²) < 4.78 is 11.2. The van der Waals surface area contributed by atoms with E-state index < -0.39 is 5.97 Å². The lowest BCUT2D eigenvalue weighted by Crippen LogP contribution is -2.09. The fraction of sp³-hybridized carbons (Fsp3) is 0.440. The Morgan fingerprint density at radius 2 is 1.40 bits per heavy atom. The molecule has 5 nitrogen and oxygen atoms in total. The Balaban J connectivity index is 1.80. The van der Waals surface area contributed by atoms with Gasteiger partial charge in [-0.3, -0.25) is 0 Å². The number of carbonyl (C=O) groups is 1. The highest BCUT2D eigenvalue weighted by Crippen LogP contribution is 2.18. The molecule has 0 heterocycles. The number of carbonyl (C=O) groups excluding carboxylic acids is 1. The van der Waals surface area contributed by atoms with Crippen molar-refractivity contribution in [1.82, 2.24) is 0 Å². The van der Waals surface area contributed by atoms with Crippen LogP contribution < -0.4 is 9.47 Å². The van der Waals surface area contributed by atoms with Gasteiger partial charge in [0.05, 0.1) is 17.9 Å². The Bertz CT molecular complexity index is 782. The summed E-state index contributed by atoms with van der Waals surface area (Å²) in [5.74, 6) is 0.784. The number of benzene rings is 2. The van der Waals surface area contributed by atoms with E-state index in [2.05, 4.69) is 12.1 Å². The summed E-state index contributed by atoms with van der Waals surface area (Å²) >= 11 is 0. The van der Waals surface area contributed by atoms with E-state index in [1.54, 1.807) is 48.5 Å². The Kier molecular flexibility index (Phi) is 10.5. The molecule has 0 bridgehead atoms. The lowest BCUT2D eigenvalue weighted by molar-refractivity contribution is 0.0734. The number of hydrogen-bond acceptors (Lipinski definition) is 5. The van der Waals surface area contributed by atoms with Crippen molar-refractivity contribution >= 4 is 11.7 Å². The lowest BCUT2D eigenvalue weighted by atomic mass is 10.1. The molecule has 0 aliphatic carbocycles. The smallest absolute Gasteiger partial charge is 0.343 e. The third-order valence-corrected chi connectivity index (χ3v) is 4.86. The van der Waals surface area contributed by atoms with E-state index in [9.17, 15) is 4.79 Å². The molecular formula is C25H33NO4. The summed E-state index contributed by atoms with van der Waals surface area (Å²) in [5.41, 5.74) is 1.90. The third-order valence-electron chi connectivity index (χ3n) is 4.86. The highest BCUT2D eigenvalue weighted by molar-refractivity contribution is 6.00. The molecule has 0 saturated heterocycles. The van der Waals surface area contributed by atoms with Gasteiger partial charge in [0.15, 0.2) is 0 Å². The molecule has 0 saturated carbocycles. The molecule has 0 atom stereocenters. The van der Waals surface area contributed by atoms with Crippen molar-refractivity contribution in [3.05, 3.63) is 59.7 Å². The molecule has 0 aromatic heterocycles. The highest BCUT2D eigenvalue weighted by atomic mass is 16.5. The first kappa shape index (κ1) is 23.5. The molecule has 0 unspecified atom stereocenters. The number of esters is 1. The zero-order valence-electron chi connectivity index (χ0n) is 18.1. The van der Waals surface area contributed by atoms with Gasteiger partial charge in [-0.1, -0.05) is 57.5 Å². The summed E-state index contributed by atoms with van der Waals surface area (Å²) in [6.07, 6.45) is 8.92. The minimum Gasteiger partial charge on any atom is -0.494 e. The average molecular weight is 412 g/mol. The first-order valence-corrected chi connectivity index (χ1v) is 10.9. The third kappa shape index (κ3) is 7.90. The van der Waals surface area contributed by atoms with E-state index in [0.29, 0.717) is 30.1 Å². The Hall–Kier alpha value is -2.82. The van der Waals surface area contributed by atoms with Gasteiger partial charge in [-0.2, -0.15) is 0 Å². The fourth-order valence-electron chi connectivity index (χ4n) is 3.13. The van der Waals surface area contributed by atoms with Crippen LogP contribution in [0.5, 0.6) is 11.5 Å². The normalized spacial score (nSPS) is 11.3. The summed E-state index contributed by atoms with van der Waals surface area (Å²) in [6, 6.07) is 14.0. The molecule has 162 valence electrons. The summed E-state index contributed by atoms with van der Waals surface area (Å²) in [4.78, 5) is 12.4. The summed E-state index contributed by atoms with van der Waals surface area (Å²) in [5, 5.41) is 12.4. The van der Waals surface area contributed by atoms with Crippen LogP contribution in [0.3, 0.4) is 0 Å². The van der Waals surface area contributed by atoms with Gasteiger partial charge in [-0.25, -0.2) is 4.79 Å². The average Bonchev–Trinajstić information content (AvgIpc) is 2.78. The van der Waals surface area contributed by atoms with Crippen molar-refractivity contribution < 1.29 is 19.5 Å². The predicted molar refractivity (Wildman–Crippen MR) is 120 cm³/mol. The second-order valence-corrected chi connectivity index (χ2v) is 7.35. The number of ether oxygens (including phenoxy) is 2. The predicted octanol–water partition coefficient (Wildman–Crippen LogP) is 6.62. The standard InChI is InChI=1S/C25H33NO4/c1-3-5-6-7-8-9-19-29-22-15-13-21(14-16-22)25(27)30-23-17-11-20(12-18-23)24(26-28)10-4-2/h11-18,28H,3-10,19H2,1-2H3/b26-24-. The molecule has 0 radical (unpaired) electrons. The molecule has 0 spiro atoms. The van der Waals surface area contributed by atoms with Crippen LogP contribution in [0.15, 0.2) is 53.7 Å². The maximum atomic E-state index is 12.4. The van der Waals surface area contributed by atoms with E-state index in [1.807, 2.05) is 6.92 Å². The second-order valence-electron chi connectivity index (χ2n) is 7.35. The number of oxime groups is 1. The van der Waals surface area contributed by atoms with Crippen molar-refractivity contribution in [2.75, 3.05) is 6.61 Å². The van der Waals surface area contributed by atoms with Crippen molar-refractivity contribution in [2.24, 2.45) is 5.16 Å². The summed E-state index contributed by atoms with van der Waals surface area (Å²) in [7, 11) is 0. The molecule has 1 N–H and O–H groups in total. The molecule has 2 aromatic carbocycles. The molecule has 5 heteroatoms. The molecule has 0 aliphatic rings. The van der Waals surface area contributed by atoms with Crippen molar-refractivity contribution in [2.45, 2.75) is 65.2 Å². The van der Waals surface area contributed by atoms with E-state index in [0.717, 1.165) is 24.2 Å². The van der Waals surface area contributed by atoms with E-state index in [1.165, 1.54) is 32.1 Å². The van der Waals surface area contributed by atoms with E-state index in [4.69, 9.17) is 14.7 Å². The SMILES string of the molecule is CCCCCCCCOc1ccc(C(=O)Oc2ccc(/C(CCC)=N\O)cc2)cc1. The Labute approximate surface area is 179 Å². The van der Waals surface area contributed by atoms with Gasteiger partial charge in [0.25, 0.3) is 0 Å². The minimum absolute atomic E-state index is 0.421. The van der Waals surface area contributed by atoms with Crippen molar-refractivity contribution in [3.8, 4) is 11.5 Å². The van der Waals surface area contributed by atoms with Crippen LogP contribution in [0, 0.1) is 0 Å². The van der Waals surface area contributed by atoms with E-state index in [-0.39, 0.29) is 0 Å². The molecule has 2 aromatic rings. The zero-order chi connectivity index (χ0) is 21.6. The molecule has 0 aliphatic heterocycles. The molecule has 0 fully saturated rings. The van der Waals surface area contributed by atoms with Crippen LogP contribution >= 0.6 is 0 Å². The van der Waals surface area contributed by atoms with Gasteiger partial charge >= 0.3 is 5.97 Å². The van der Waals surface area contributed by atoms with Crippen LogP contribution in [-0.4, -0.2) is 23.5 Å². The quantitative estimate of drug-likeness (QED) is 0.100. The zero-order valence-corrected chi connectivity index (χ0v) is 18.1. The number of unbranched alkanes of at least 4 members (excludes halogenated alkanes) is 5. The van der Waals surface area contributed by atoms with Crippen LogP contribution in [-0.2, 0) is 0 Å². The molecule has 0 amide bonds. The monoisotopic (exact) mass is 411 g/mol. The maximum absolute atomic E-state index is 12.4. The highest BCUT2D eigenvalue weighted by Gasteiger charge is 2.10. The molecule has 30 heavy (non-hydrogen) atoms. The lowest BCUT2D eigenvalue weighted by Gasteiger charge is -2.08. The molecule has 2 rings (SSSR count). The van der Waals surface area contributed by atoms with Gasteiger partial charge < -0.3 is 14.7 Å². The van der Waals surface area contributed by atoms with Gasteiger partial charge in [-0.15, -0.1) is 0 Å². The van der Waals surface area contributed by atoms with Gasteiger partial charge in [-0.05, 0) is 66.9 Å². The fourth-order valence-corrected chi connectivity index (χ4v) is 3.13. The minimum atomic E-state index is -0.421. The number of hydrogen-bond donors (Lipinski definition) is 1. The second kappa shape index (κ2) is 13.4.